The standard InChI is InChI=1S/C32H36O4.C2H6/c1-8-24-15-16-27(32(36-7)31(24)35-6)29(33)17-14-23-19-25(9-2)30(34-5)28(20-23)22(4)18-26-13-11-10-12-21(26)3;1-2/h10-20H,8-9H2,1-7H3;1-2H3/b17-14+,22-18+;. The summed E-state index contributed by atoms with van der Waals surface area (Å²) in [5.41, 5.74) is 7.99. The number of allylic oxidation sites excluding steroid dienone is 2. The number of carbonyl (C=O) groups excluding carboxylic acids is 1. The van der Waals surface area contributed by atoms with Crippen molar-refractivity contribution in [3.8, 4) is 17.2 Å². The Morgan fingerprint density at radius 1 is 0.789 bits per heavy atom. The molecule has 0 atom stereocenters. The number of hydrogen-bond donors (Lipinski definition) is 0. The van der Waals surface area contributed by atoms with Crippen LogP contribution >= 0.6 is 0 Å². The lowest BCUT2D eigenvalue weighted by Crippen LogP contribution is -2.03. The van der Waals surface area contributed by atoms with Gasteiger partial charge < -0.3 is 14.2 Å². The topological polar surface area (TPSA) is 44.8 Å². The molecule has 4 heteroatoms. The highest BCUT2D eigenvalue weighted by Gasteiger charge is 2.18. The highest BCUT2D eigenvalue weighted by Crippen LogP contribution is 2.36. The van der Waals surface area contributed by atoms with E-state index in [-0.39, 0.29) is 5.78 Å². The van der Waals surface area contributed by atoms with Crippen molar-refractivity contribution in [2.24, 2.45) is 0 Å². The van der Waals surface area contributed by atoms with Gasteiger partial charge in [-0.15, -0.1) is 0 Å². The third-order valence-corrected chi connectivity index (χ3v) is 6.43. The molecule has 0 aliphatic rings. The summed E-state index contributed by atoms with van der Waals surface area (Å²) in [6.45, 7) is 12.3. The van der Waals surface area contributed by atoms with E-state index >= 15 is 0 Å². The number of ether oxygens (including phenoxy) is 3. The Hall–Kier alpha value is -3.79. The molecule has 0 amide bonds. The zero-order chi connectivity index (χ0) is 28.2. The van der Waals surface area contributed by atoms with E-state index in [9.17, 15) is 4.79 Å². The van der Waals surface area contributed by atoms with E-state index < -0.39 is 0 Å². The average molecular weight is 515 g/mol. The molecule has 202 valence electrons. The highest BCUT2D eigenvalue weighted by atomic mass is 16.5. The van der Waals surface area contributed by atoms with Gasteiger partial charge in [0.25, 0.3) is 0 Å². The zero-order valence-corrected chi connectivity index (χ0v) is 24.4. The molecule has 0 saturated carbocycles. The molecule has 0 radical (unpaired) electrons. The Morgan fingerprint density at radius 3 is 2.00 bits per heavy atom. The minimum absolute atomic E-state index is 0.143. The van der Waals surface area contributed by atoms with Crippen molar-refractivity contribution in [3.63, 3.8) is 0 Å². The van der Waals surface area contributed by atoms with E-state index in [0.29, 0.717) is 17.1 Å². The van der Waals surface area contributed by atoms with Crippen molar-refractivity contribution in [1.82, 2.24) is 0 Å². The van der Waals surface area contributed by atoms with E-state index in [4.69, 9.17) is 14.2 Å². The maximum atomic E-state index is 13.2. The van der Waals surface area contributed by atoms with Crippen LogP contribution in [0.5, 0.6) is 17.2 Å². The van der Waals surface area contributed by atoms with E-state index in [1.807, 2.05) is 45.0 Å². The lowest BCUT2D eigenvalue weighted by molar-refractivity contribution is 0.104. The van der Waals surface area contributed by atoms with Crippen molar-refractivity contribution in [1.29, 1.82) is 0 Å². The fourth-order valence-electron chi connectivity index (χ4n) is 4.43. The Labute approximate surface area is 229 Å². The van der Waals surface area contributed by atoms with Gasteiger partial charge in [-0.3, -0.25) is 4.79 Å². The molecular weight excluding hydrogens is 472 g/mol. The lowest BCUT2D eigenvalue weighted by Gasteiger charge is -2.16. The second kappa shape index (κ2) is 14.8. The Kier molecular flexibility index (Phi) is 11.9. The molecule has 0 bridgehead atoms. The van der Waals surface area contributed by atoms with Crippen LogP contribution in [0.1, 0.15) is 78.4 Å². The van der Waals surface area contributed by atoms with Crippen LogP contribution < -0.4 is 14.2 Å². The number of rotatable bonds is 10. The summed E-state index contributed by atoms with van der Waals surface area (Å²) in [7, 11) is 4.86. The third kappa shape index (κ3) is 6.95. The second-order valence-electron chi connectivity index (χ2n) is 8.69. The summed E-state index contributed by atoms with van der Waals surface area (Å²) in [4.78, 5) is 13.2. The molecule has 3 rings (SSSR count). The second-order valence-corrected chi connectivity index (χ2v) is 8.69. The number of hydrogen-bond acceptors (Lipinski definition) is 4. The van der Waals surface area contributed by atoms with E-state index in [0.717, 1.165) is 46.4 Å². The normalized spacial score (nSPS) is 11.1. The fourth-order valence-corrected chi connectivity index (χ4v) is 4.43. The Balaban J connectivity index is 0.00000247. The summed E-state index contributed by atoms with van der Waals surface area (Å²) in [5, 5.41) is 0. The molecule has 0 aromatic heterocycles. The fraction of sp³-hybridized carbons (Fsp3) is 0.324. The van der Waals surface area contributed by atoms with Crippen molar-refractivity contribution in [2.75, 3.05) is 21.3 Å². The maximum Gasteiger partial charge on any atom is 0.189 e. The number of ketones is 1. The summed E-state index contributed by atoms with van der Waals surface area (Å²) in [6, 6.07) is 16.2. The van der Waals surface area contributed by atoms with Crippen molar-refractivity contribution in [3.05, 3.63) is 93.6 Å². The average Bonchev–Trinajstić information content (AvgIpc) is 2.96. The lowest BCUT2D eigenvalue weighted by atomic mass is 9.95. The van der Waals surface area contributed by atoms with Gasteiger partial charge in [-0.05, 0) is 84.4 Å². The summed E-state index contributed by atoms with van der Waals surface area (Å²) in [6.07, 6.45) is 7.22. The molecule has 0 N–H and O–H groups in total. The largest absolute Gasteiger partial charge is 0.496 e. The van der Waals surface area contributed by atoms with E-state index in [1.54, 1.807) is 33.5 Å². The molecule has 38 heavy (non-hydrogen) atoms. The van der Waals surface area contributed by atoms with Gasteiger partial charge in [0.15, 0.2) is 17.3 Å². The molecule has 0 saturated heterocycles. The van der Waals surface area contributed by atoms with Crippen molar-refractivity contribution >= 4 is 23.5 Å². The number of methoxy groups -OCH3 is 3. The molecule has 0 heterocycles. The quantitative estimate of drug-likeness (QED) is 0.154. The monoisotopic (exact) mass is 514 g/mol. The maximum absolute atomic E-state index is 13.2. The Bertz CT molecular complexity index is 1300. The first-order valence-corrected chi connectivity index (χ1v) is 13.3. The van der Waals surface area contributed by atoms with Crippen LogP contribution in [0.2, 0.25) is 0 Å². The first-order valence-electron chi connectivity index (χ1n) is 13.3. The van der Waals surface area contributed by atoms with Crippen molar-refractivity contribution in [2.45, 2.75) is 54.4 Å². The molecule has 0 unspecified atom stereocenters. The molecule has 3 aromatic carbocycles. The molecule has 3 aromatic rings. The molecule has 0 spiro atoms. The smallest absolute Gasteiger partial charge is 0.189 e. The first kappa shape index (κ1) is 30.4. The summed E-state index contributed by atoms with van der Waals surface area (Å²) < 4.78 is 16.9. The van der Waals surface area contributed by atoms with Crippen LogP contribution in [0.15, 0.2) is 54.6 Å². The van der Waals surface area contributed by atoms with Gasteiger partial charge in [-0.1, -0.05) is 70.2 Å². The molecular formula is C34H42O4. The van der Waals surface area contributed by atoms with Gasteiger partial charge >= 0.3 is 0 Å². The summed E-state index contributed by atoms with van der Waals surface area (Å²) in [5.74, 6) is 1.80. The van der Waals surface area contributed by atoms with Crippen molar-refractivity contribution < 1.29 is 19.0 Å². The highest BCUT2D eigenvalue weighted by molar-refractivity contribution is 6.09. The van der Waals surface area contributed by atoms with Gasteiger partial charge in [0.2, 0.25) is 0 Å². The zero-order valence-electron chi connectivity index (χ0n) is 24.4. The first-order chi connectivity index (χ1) is 18.4. The molecule has 0 aliphatic carbocycles. The van der Waals surface area contributed by atoms with Crippen LogP contribution in [-0.2, 0) is 12.8 Å². The van der Waals surface area contributed by atoms with Gasteiger partial charge in [0.05, 0.1) is 26.9 Å². The third-order valence-electron chi connectivity index (χ3n) is 6.43. The minimum atomic E-state index is -0.143. The van der Waals surface area contributed by atoms with Gasteiger partial charge in [-0.25, -0.2) is 0 Å². The summed E-state index contributed by atoms with van der Waals surface area (Å²) >= 11 is 0. The number of benzene rings is 3. The van der Waals surface area contributed by atoms with Crippen LogP contribution in [-0.4, -0.2) is 27.1 Å². The number of carbonyl (C=O) groups is 1. The predicted octanol–water partition coefficient (Wildman–Crippen LogP) is 8.63. The molecule has 0 aliphatic heterocycles. The van der Waals surface area contributed by atoms with E-state index in [2.05, 4.69) is 51.1 Å². The van der Waals surface area contributed by atoms with Crippen LogP contribution in [0.4, 0.5) is 0 Å². The van der Waals surface area contributed by atoms with Gasteiger partial charge in [0.1, 0.15) is 5.75 Å². The SMILES string of the molecule is CC.CCc1cc(/C=C/C(=O)c2ccc(CC)c(OC)c2OC)cc(/C(C)=C/c2ccccc2C)c1OC. The molecule has 4 nitrogen and oxygen atoms in total. The van der Waals surface area contributed by atoms with Crippen LogP contribution in [0.25, 0.3) is 17.7 Å². The van der Waals surface area contributed by atoms with Gasteiger partial charge in [0, 0.05) is 5.56 Å². The minimum Gasteiger partial charge on any atom is -0.496 e. The van der Waals surface area contributed by atoms with Crippen LogP contribution in [0, 0.1) is 6.92 Å². The van der Waals surface area contributed by atoms with Crippen LogP contribution in [0.3, 0.4) is 0 Å². The Morgan fingerprint density at radius 2 is 1.42 bits per heavy atom. The predicted molar refractivity (Wildman–Crippen MR) is 161 cm³/mol. The van der Waals surface area contributed by atoms with E-state index in [1.165, 1.54) is 11.1 Å². The number of aryl methyl sites for hydroxylation is 3. The van der Waals surface area contributed by atoms with Gasteiger partial charge in [-0.2, -0.15) is 0 Å². The molecule has 0 fully saturated rings.